The summed E-state index contributed by atoms with van der Waals surface area (Å²) in [6.45, 7) is 2.10. The zero-order valence-electron chi connectivity index (χ0n) is 12.2. The Hall–Kier alpha value is -1.96. The average molecular weight is 327 g/mol. The van der Waals surface area contributed by atoms with E-state index in [0.29, 0.717) is 18.3 Å². The number of aryl methyl sites for hydroxylation is 1. The minimum Gasteiger partial charge on any atom is -0.362 e. The predicted molar refractivity (Wildman–Crippen MR) is 82.3 cm³/mol. The lowest BCUT2D eigenvalue weighted by atomic mass is 10.1. The van der Waals surface area contributed by atoms with Crippen molar-refractivity contribution in [1.82, 2.24) is 15.5 Å². The van der Waals surface area contributed by atoms with Crippen molar-refractivity contribution in [3.63, 3.8) is 0 Å². The molecule has 2 rings (SSSR count). The van der Waals surface area contributed by atoms with Gasteiger partial charge in [-0.05, 0) is 12.5 Å². The van der Waals surface area contributed by atoms with Gasteiger partial charge in [-0.15, -0.1) is 12.4 Å². The number of halogens is 1. The lowest BCUT2D eigenvalue weighted by Gasteiger charge is -2.13. The molecule has 1 unspecified atom stereocenters. The molecule has 1 aromatic heterocycles. The van der Waals surface area contributed by atoms with E-state index in [2.05, 4.69) is 15.5 Å². The fourth-order valence-electron chi connectivity index (χ4n) is 1.72. The van der Waals surface area contributed by atoms with E-state index in [9.17, 15) is 4.79 Å². The monoisotopic (exact) mass is 326 g/mol. The van der Waals surface area contributed by atoms with E-state index in [1.165, 1.54) is 0 Å². The largest absolute Gasteiger partial charge is 0.362 e. The molecule has 1 aromatic carbocycles. The van der Waals surface area contributed by atoms with E-state index < -0.39 is 0 Å². The summed E-state index contributed by atoms with van der Waals surface area (Å²) in [6.07, 6.45) is 0. The third-order valence-electron chi connectivity index (χ3n) is 2.78. The lowest BCUT2D eigenvalue weighted by molar-refractivity contribution is -0.126. The van der Waals surface area contributed by atoms with Gasteiger partial charge in [0.1, 0.15) is 13.2 Å². The van der Waals surface area contributed by atoms with Gasteiger partial charge in [0, 0.05) is 12.6 Å². The Morgan fingerprint density at radius 2 is 2.14 bits per heavy atom. The van der Waals surface area contributed by atoms with E-state index in [-0.39, 0.29) is 37.6 Å². The van der Waals surface area contributed by atoms with E-state index >= 15 is 0 Å². The number of nitrogens with zero attached hydrogens (tertiary/aromatic N) is 2. The van der Waals surface area contributed by atoms with Crippen molar-refractivity contribution >= 4 is 18.3 Å². The molecule has 2 aromatic rings. The van der Waals surface area contributed by atoms with Gasteiger partial charge < -0.3 is 20.3 Å². The van der Waals surface area contributed by atoms with Crippen LogP contribution >= 0.6 is 12.4 Å². The molecule has 8 heteroatoms. The van der Waals surface area contributed by atoms with Gasteiger partial charge in [0.25, 0.3) is 5.89 Å². The van der Waals surface area contributed by atoms with Crippen LogP contribution in [0.3, 0.4) is 0 Å². The average Bonchev–Trinajstić information content (AvgIpc) is 2.91. The zero-order chi connectivity index (χ0) is 15.1. The van der Waals surface area contributed by atoms with Crippen LogP contribution in [0.2, 0.25) is 0 Å². The highest BCUT2D eigenvalue weighted by atomic mass is 35.5. The van der Waals surface area contributed by atoms with Gasteiger partial charge in [0.15, 0.2) is 5.82 Å². The molecule has 1 atom stereocenters. The fourth-order valence-corrected chi connectivity index (χ4v) is 1.72. The number of ether oxygens (including phenoxy) is 1. The summed E-state index contributed by atoms with van der Waals surface area (Å²) < 4.78 is 10.0. The number of benzene rings is 1. The quantitative estimate of drug-likeness (QED) is 0.790. The maximum absolute atomic E-state index is 11.6. The van der Waals surface area contributed by atoms with Crippen LogP contribution < -0.4 is 11.1 Å². The topological polar surface area (TPSA) is 103 Å². The normalized spacial score (nSPS) is 11.5. The number of hydrogen-bond acceptors (Lipinski definition) is 6. The van der Waals surface area contributed by atoms with Gasteiger partial charge in [0.05, 0.1) is 0 Å². The summed E-state index contributed by atoms with van der Waals surface area (Å²) >= 11 is 0. The van der Waals surface area contributed by atoms with Crippen LogP contribution in [0, 0.1) is 6.92 Å². The van der Waals surface area contributed by atoms with Crippen LogP contribution in [-0.4, -0.2) is 29.2 Å². The molecule has 0 spiro atoms. The van der Waals surface area contributed by atoms with Crippen molar-refractivity contribution in [1.29, 1.82) is 0 Å². The Kier molecular flexibility index (Phi) is 7.51. The van der Waals surface area contributed by atoms with Crippen LogP contribution in [0.4, 0.5) is 0 Å². The Bertz CT molecular complexity index is 576. The SMILES string of the molecule is Cc1noc(COCC(=O)NCC(N)c2ccccc2)n1.Cl. The number of aromatic nitrogens is 2. The number of nitrogens with two attached hydrogens (primary N) is 1. The molecular formula is C14H19ClN4O3. The van der Waals surface area contributed by atoms with Crippen LogP contribution in [0.15, 0.2) is 34.9 Å². The Balaban J connectivity index is 0.00000242. The van der Waals surface area contributed by atoms with Crippen molar-refractivity contribution in [2.75, 3.05) is 13.2 Å². The lowest BCUT2D eigenvalue weighted by Crippen LogP contribution is -2.34. The Morgan fingerprint density at radius 3 is 2.77 bits per heavy atom. The molecule has 0 aliphatic carbocycles. The first kappa shape index (κ1) is 18.1. The van der Waals surface area contributed by atoms with Gasteiger partial charge in [-0.25, -0.2) is 0 Å². The molecule has 120 valence electrons. The van der Waals surface area contributed by atoms with Crippen LogP contribution in [0.5, 0.6) is 0 Å². The Morgan fingerprint density at radius 1 is 1.41 bits per heavy atom. The minimum absolute atomic E-state index is 0. The fraction of sp³-hybridized carbons (Fsp3) is 0.357. The number of nitrogens with one attached hydrogen (secondary N) is 1. The number of amides is 1. The highest BCUT2D eigenvalue weighted by Crippen LogP contribution is 2.07. The first-order chi connectivity index (χ1) is 10.1. The molecule has 22 heavy (non-hydrogen) atoms. The highest BCUT2D eigenvalue weighted by molar-refractivity contribution is 5.85. The molecule has 0 saturated heterocycles. The van der Waals surface area contributed by atoms with E-state index in [1.807, 2.05) is 30.3 Å². The second-order valence-electron chi connectivity index (χ2n) is 4.55. The minimum atomic E-state index is -0.242. The number of carbonyl (C=O) groups is 1. The molecule has 0 radical (unpaired) electrons. The second kappa shape index (κ2) is 9.14. The van der Waals surface area contributed by atoms with Crippen molar-refractivity contribution in [2.24, 2.45) is 5.73 Å². The van der Waals surface area contributed by atoms with E-state index in [4.69, 9.17) is 15.0 Å². The first-order valence-electron chi connectivity index (χ1n) is 6.59. The van der Waals surface area contributed by atoms with E-state index in [0.717, 1.165) is 5.56 Å². The maximum Gasteiger partial charge on any atom is 0.252 e. The Labute approximate surface area is 134 Å². The summed E-state index contributed by atoms with van der Waals surface area (Å²) in [5.41, 5.74) is 6.95. The zero-order valence-corrected chi connectivity index (χ0v) is 13.0. The molecule has 7 nitrogen and oxygen atoms in total. The van der Waals surface area contributed by atoms with Gasteiger partial charge in [0.2, 0.25) is 5.91 Å². The summed E-state index contributed by atoms with van der Waals surface area (Å²) in [5.74, 6) is 0.644. The molecular weight excluding hydrogens is 308 g/mol. The van der Waals surface area contributed by atoms with Gasteiger partial charge in [-0.1, -0.05) is 35.5 Å². The standard InChI is InChI=1S/C14H18N4O3.ClH/c1-10-17-14(21-18-10)9-20-8-13(19)16-7-12(15)11-5-3-2-4-6-11;/h2-6,12H,7-9,15H2,1H3,(H,16,19);1H. The van der Waals surface area contributed by atoms with Crippen LogP contribution in [0.1, 0.15) is 23.3 Å². The number of rotatable bonds is 7. The molecule has 0 fully saturated rings. The van der Waals surface area contributed by atoms with Gasteiger partial charge in [-0.2, -0.15) is 4.98 Å². The maximum atomic E-state index is 11.6. The predicted octanol–water partition coefficient (Wildman–Crippen LogP) is 1.13. The van der Waals surface area contributed by atoms with Crippen molar-refractivity contribution in [3.05, 3.63) is 47.6 Å². The molecule has 0 bridgehead atoms. The summed E-state index contributed by atoms with van der Waals surface area (Å²) in [7, 11) is 0. The number of hydrogen-bond donors (Lipinski definition) is 2. The molecule has 0 aliphatic rings. The van der Waals surface area contributed by atoms with Crippen molar-refractivity contribution in [2.45, 2.75) is 19.6 Å². The van der Waals surface area contributed by atoms with Gasteiger partial charge >= 0.3 is 0 Å². The second-order valence-corrected chi connectivity index (χ2v) is 4.55. The molecule has 0 aliphatic heterocycles. The smallest absolute Gasteiger partial charge is 0.252 e. The number of carbonyl (C=O) groups excluding carboxylic acids is 1. The van der Waals surface area contributed by atoms with Crippen LogP contribution in [-0.2, 0) is 16.1 Å². The summed E-state index contributed by atoms with van der Waals surface area (Å²) in [5, 5.41) is 6.34. The summed E-state index contributed by atoms with van der Waals surface area (Å²) in [4.78, 5) is 15.6. The molecule has 1 amide bonds. The first-order valence-corrected chi connectivity index (χ1v) is 6.59. The van der Waals surface area contributed by atoms with E-state index in [1.54, 1.807) is 6.92 Å². The van der Waals surface area contributed by atoms with Crippen molar-refractivity contribution in [3.8, 4) is 0 Å². The van der Waals surface area contributed by atoms with Gasteiger partial charge in [-0.3, -0.25) is 4.79 Å². The molecule has 0 saturated carbocycles. The highest BCUT2D eigenvalue weighted by Gasteiger charge is 2.09. The van der Waals surface area contributed by atoms with Crippen molar-refractivity contribution < 1.29 is 14.1 Å². The third-order valence-corrected chi connectivity index (χ3v) is 2.78. The van der Waals surface area contributed by atoms with Crippen LogP contribution in [0.25, 0.3) is 0 Å². The third kappa shape index (κ3) is 5.80. The molecule has 3 N–H and O–H groups in total. The molecule has 1 heterocycles. The summed E-state index contributed by atoms with van der Waals surface area (Å²) in [6, 6.07) is 9.34.